The van der Waals surface area contributed by atoms with Crippen LogP contribution in [0.2, 0.25) is 0 Å². The van der Waals surface area contributed by atoms with E-state index in [0.717, 1.165) is 12.8 Å². The Labute approximate surface area is 119 Å². The van der Waals surface area contributed by atoms with Crippen molar-refractivity contribution < 1.29 is 18.3 Å². The fourth-order valence-electron chi connectivity index (χ4n) is 2.19. The standard InChI is InChI=1S/C12H21N3O4S/c1-14(9-11-4-2-7-19-11)20(17,18)12-8-13-15(10-12)5-3-6-16/h8,10-11,16H,2-7,9H2,1H3. The summed E-state index contributed by atoms with van der Waals surface area (Å²) in [5.41, 5.74) is 0. The second-order valence-electron chi connectivity index (χ2n) is 4.94. The average molecular weight is 303 g/mol. The van der Waals surface area contributed by atoms with Crippen LogP contribution in [0.5, 0.6) is 0 Å². The number of aliphatic hydroxyl groups is 1. The summed E-state index contributed by atoms with van der Waals surface area (Å²) in [5.74, 6) is 0. The summed E-state index contributed by atoms with van der Waals surface area (Å²) in [7, 11) is -1.97. The molecule has 2 rings (SSSR count). The number of hydrogen-bond donors (Lipinski definition) is 1. The van der Waals surface area contributed by atoms with Gasteiger partial charge in [-0.25, -0.2) is 8.42 Å². The molecule has 0 radical (unpaired) electrons. The molecule has 1 atom stereocenters. The van der Waals surface area contributed by atoms with Crippen LogP contribution in [0.1, 0.15) is 19.3 Å². The van der Waals surface area contributed by atoms with Crippen molar-refractivity contribution in [1.82, 2.24) is 14.1 Å². The van der Waals surface area contributed by atoms with Crippen molar-refractivity contribution in [3.8, 4) is 0 Å². The maximum Gasteiger partial charge on any atom is 0.246 e. The minimum absolute atomic E-state index is 0.0146. The molecule has 114 valence electrons. The lowest BCUT2D eigenvalue weighted by Gasteiger charge is -2.19. The Hall–Kier alpha value is -0.960. The molecule has 8 heteroatoms. The minimum Gasteiger partial charge on any atom is -0.396 e. The summed E-state index contributed by atoms with van der Waals surface area (Å²) >= 11 is 0. The van der Waals surface area contributed by atoms with E-state index < -0.39 is 10.0 Å². The predicted molar refractivity (Wildman–Crippen MR) is 72.7 cm³/mol. The van der Waals surface area contributed by atoms with Crippen LogP contribution in [-0.4, -0.2) is 60.5 Å². The predicted octanol–water partition coefficient (Wildman–Crippen LogP) is 0.0650. The first kappa shape index (κ1) is 15.4. The number of aliphatic hydroxyl groups excluding tert-OH is 1. The fraction of sp³-hybridized carbons (Fsp3) is 0.750. The third-order valence-corrected chi connectivity index (χ3v) is 5.12. The average Bonchev–Trinajstić information content (AvgIpc) is 3.07. The molecule has 0 aromatic carbocycles. The summed E-state index contributed by atoms with van der Waals surface area (Å²) in [6.45, 7) is 1.63. The molecule has 1 aromatic heterocycles. The first-order valence-electron chi connectivity index (χ1n) is 6.75. The molecule has 1 aliphatic heterocycles. The van der Waals surface area contributed by atoms with E-state index in [1.807, 2.05) is 0 Å². The van der Waals surface area contributed by atoms with E-state index >= 15 is 0 Å². The summed E-state index contributed by atoms with van der Waals surface area (Å²) in [5, 5.41) is 12.8. The van der Waals surface area contributed by atoms with Gasteiger partial charge >= 0.3 is 0 Å². The number of ether oxygens (including phenoxy) is 1. The lowest BCUT2D eigenvalue weighted by molar-refractivity contribution is 0.0979. The molecule has 2 heterocycles. The van der Waals surface area contributed by atoms with Gasteiger partial charge in [-0.3, -0.25) is 4.68 Å². The van der Waals surface area contributed by atoms with Crippen molar-refractivity contribution in [1.29, 1.82) is 0 Å². The van der Waals surface area contributed by atoms with Gasteiger partial charge in [0.15, 0.2) is 0 Å². The highest BCUT2D eigenvalue weighted by Crippen LogP contribution is 2.18. The van der Waals surface area contributed by atoms with Crippen LogP contribution in [0.15, 0.2) is 17.3 Å². The second-order valence-corrected chi connectivity index (χ2v) is 6.98. The molecule has 20 heavy (non-hydrogen) atoms. The molecule has 0 spiro atoms. The largest absolute Gasteiger partial charge is 0.396 e. The first-order chi connectivity index (χ1) is 9.54. The zero-order valence-corrected chi connectivity index (χ0v) is 12.4. The Morgan fingerprint density at radius 3 is 3.05 bits per heavy atom. The van der Waals surface area contributed by atoms with Crippen LogP contribution in [0.4, 0.5) is 0 Å². The zero-order chi connectivity index (χ0) is 14.6. The van der Waals surface area contributed by atoms with Gasteiger partial charge in [0.1, 0.15) is 4.90 Å². The number of rotatable bonds is 7. The number of aromatic nitrogens is 2. The van der Waals surface area contributed by atoms with Crippen molar-refractivity contribution >= 4 is 10.0 Å². The van der Waals surface area contributed by atoms with Crippen molar-refractivity contribution in [3.63, 3.8) is 0 Å². The number of hydrogen-bond acceptors (Lipinski definition) is 5. The third-order valence-electron chi connectivity index (χ3n) is 3.35. The van der Waals surface area contributed by atoms with Crippen LogP contribution in [0, 0.1) is 0 Å². The van der Waals surface area contributed by atoms with E-state index in [1.54, 1.807) is 7.05 Å². The van der Waals surface area contributed by atoms with Crippen LogP contribution in [0.3, 0.4) is 0 Å². The highest BCUT2D eigenvalue weighted by Gasteiger charge is 2.27. The van der Waals surface area contributed by atoms with Crippen LogP contribution in [0.25, 0.3) is 0 Å². The van der Waals surface area contributed by atoms with Gasteiger partial charge in [-0.2, -0.15) is 9.40 Å². The fourth-order valence-corrected chi connectivity index (χ4v) is 3.34. The monoisotopic (exact) mass is 303 g/mol. The van der Waals surface area contributed by atoms with Crippen LogP contribution in [-0.2, 0) is 21.3 Å². The Balaban J connectivity index is 2.02. The van der Waals surface area contributed by atoms with Gasteiger partial charge in [0.2, 0.25) is 10.0 Å². The summed E-state index contributed by atoms with van der Waals surface area (Å²) in [6, 6.07) is 0. The summed E-state index contributed by atoms with van der Waals surface area (Å²) < 4.78 is 33.1. The zero-order valence-electron chi connectivity index (χ0n) is 11.6. The normalized spacial score (nSPS) is 19.9. The SMILES string of the molecule is CN(CC1CCCO1)S(=O)(=O)c1cnn(CCCO)c1. The molecule has 1 aliphatic rings. The van der Waals surface area contributed by atoms with Gasteiger partial charge in [-0.05, 0) is 19.3 Å². The van der Waals surface area contributed by atoms with Gasteiger partial charge in [-0.1, -0.05) is 0 Å². The second kappa shape index (κ2) is 6.66. The highest BCUT2D eigenvalue weighted by atomic mass is 32.2. The minimum atomic E-state index is -3.52. The third kappa shape index (κ3) is 3.57. The topological polar surface area (TPSA) is 84.7 Å². The number of likely N-dealkylation sites (N-methyl/N-ethyl adjacent to an activating group) is 1. The van der Waals surface area contributed by atoms with Gasteiger partial charge in [0, 0.05) is 39.5 Å². The van der Waals surface area contributed by atoms with Crippen molar-refractivity contribution in [3.05, 3.63) is 12.4 Å². The number of nitrogens with zero attached hydrogens (tertiary/aromatic N) is 3. The Bertz CT molecular complexity index is 523. The van der Waals surface area contributed by atoms with Crippen molar-refractivity contribution in [2.45, 2.75) is 36.8 Å². The van der Waals surface area contributed by atoms with Crippen molar-refractivity contribution in [2.75, 3.05) is 26.8 Å². The Kier molecular flexibility index (Phi) is 5.14. The molecule has 7 nitrogen and oxygen atoms in total. The Morgan fingerprint density at radius 2 is 2.40 bits per heavy atom. The van der Waals surface area contributed by atoms with E-state index in [9.17, 15) is 8.42 Å². The van der Waals surface area contributed by atoms with Gasteiger partial charge in [0.05, 0.1) is 12.3 Å². The first-order valence-corrected chi connectivity index (χ1v) is 8.19. The molecule has 1 fully saturated rings. The van der Waals surface area contributed by atoms with E-state index in [1.165, 1.54) is 21.4 Å². The highest BCUT2D eigenvalue weighted by molar-refractivity contribution is 7.89. The van der Waals surface area contributed by atoms with E-state index in [2.05, 4.69) is 5.10 Å². The number of sulfonamides is 1. The maximum atomic E-state index is 12.4. The molecule has 0 amide bonds. The smallest absolute Gasteiger partial charge is 0.246 e. The molecular weight excluding hydrogens is 282 g/mol. The number of aryl methyl sites for hydroxylation is 1. The van der Waals surface area contributed by atoms with Gasteiger partial charge in [0.25, 0.3) is 0 Å². The summed E-state index contributed by atoms with van der Waals surface area (Å²) in [6.07, 6.45) is 5.26. The molecule has 1 N–H and O–H groups in total. The van der Waals surface area contributed by atoms with Crippen molar-refractivity contribution in [2.24, 2.45) is 0 Å². The lowest BCUT2D eigenvalue weighted by Crippen LogP contribution is -2.33. The van der Waals surface area contributed by atoms with Gasteiger partial charge in [-0.15, -0.1) is 0 Å². The molecule has 1 unspecified atom stereocenters. The molecule has 1 saturated heterocycles. The quantitative estimate of drug-likeness (QED) is 0.770. The lowest BCUT2D eigenvalue weighted by atomic mass is 10.2. The molecule has 1 aromatic rings. The molecule has 0 bridgehead atoms. The summed E-state index contributed by atoms with van der Waals surface area (Å²) in [4.78, 5) is 0.177. The van der Waals surface area contributed by atoms with Crippen LogP contribution >= 0.6 is 0 Å². The molecular formula is C12H21N3O4S. The van der Waals surface area contributed by atoms with E-state index in [4.69, 9.17) is 9.84 Å². The van der Waals surface area contributed by atoms with E-state index in [0.29, 0.717) is 26.1 Å². The van der Waals surface area contributed by atoms with E-state index in [-0.39, 0.29) is 17.6 Å². The van der Waals surface area contributed by atoms with Gasteiger partial charge < -0.3 is 9.84 Å². The molecule has 0 aliphatic carbocycles. The van der Waals surface area contributed by atoms with Crippen LogP contribution < -0.4 is 0 Å². The maximum absolute atomic E-state index is 12.4. The Morgan fingerprint density at radius 1 is 1.60 bits per heavy atom. The molecule has 0 saturated carbocycles.